The van der Waals surface area contributed by atoms with Crippen molar-refractivity contribution in [1.82, 2.24) is 0 Å². The summed E-state index contributed by atoms with van der Waals surface area (Å²) in [6.07, 6.45) is 0. The molecule has 1 spiro atoms. The fourth-order valence-electron chi connectivity index (χ4n) is 4.17. The zero-order valence-electron chi connectivity index (χ0n) is 17.6. The molecule has 3 aromatic carbocycles. The summed E-state index contributed by atoms with van der Waals surface area (Å²) in [5.41, 5.74) is -0.0121. The topological polar surface area (TPSA) is 102 Å². The average Bonchev–Trinajstić information content (AvgIpc) is 2.99. The molecule has 0 fully saturated rings. The van der Waals surface area contributed by atoms with Gasteiger partial charge < -0.3 is 24.4 Å². The second kappa shape index (κ2) is 6.50. The largest absolute Gasteiger partial charge is 0.508 e. The lowest BCUT2D eigenvalue weighted by molar-refractivity contribution is 0.00690. The van der Waals surface area contributed by atoms with Crippen LogP contribution >= 0.6 is 0 Å². The summed E-state index contributed by atoms with van der Waals surface area (Å²) >= 11 is 0. The summed E-state index contributed by atoms with van der Waals surface area (Å²) < 4.78 is 17.3. The lowest BCUT2D eigenvalue weighted by Crippen LogP contribution is -2.33. The molecule has 2 aliphatic rings. The quantitative estimate of drug-likeness (QED) is 0.541. The third-order valence-corrected chi connectivity index (χ3v) is 5.41. The maximum absolute atomic E-state index is 13.0. The molecule has 0 aromatic heterocycles. The number of aromatic hydroxyl groups is 2. The van der Waals surface area contributed by atoms with Gasteiger partial charge in [-0.15, -0.1) is 0 Å². The number of hydrogen-bond acceptors (Lipinski definition) is 7. The minimum Gasteiger partial charge on any atom is -0.508 e. The number of esters is 2. The molecule has 2 aliphatic heterocycles. The van der Waals surface area contributed by atoms with Crippen molar-refractivity contribution in [3.05, 3.63) is 82.4 Å². The first-order valence-corrected chi connectivity index (χ1v) is 10.0. The Balaban J connectivity index is 1.73. The van der Waals surface area contributed by atoms with Crippen LogP contribution in [0.3, 0.4) is 0 Å². The number of carbonyl (C=O) groups is 2. The molecule has 7 nitrogen and oxygen atoms in total. The van der Waals surface area contributed by atoms with Crippen LogP contribution in [-0.4, -0.2) is 27.8 Å². The molecule has 2 N–H and O–H groups in total. The maximum Gasteiger partial charge on any atom is 0.340 e. The molecule has 162 valence electrons. The molecule has 5 rings (SSSR count). The third kappa shape index (κ3) is 2.89. The van der Waals surface area contributed by atoms with E-state index in [0.717, 1.165) is 0 Å². The Morgan fingerprint density at radius 2 is 1.44 bits per heavy atom. The maximum atomic E-state index is 13.0. The average molecular weight is 432 g/mol. The first-order valence-electron chi connectivity index (χ1n) is 10.0. The summed E-state index contributed by atoms with van der Waals surface area (Å²) in [6.45, 7) is 5.30. The van der Waals surface area contributed by atoms with Gasteiger partial charge in [0.1, 0.15) is 28.6 Å². The Bertz CT molecular complexity index is 1250. The molecule has 0 saturated heterocycles. The Morgan fingerprint density at radius 1 is 0.875 bits per heavy atom. The molecule has 32 heavy (non-hydrogen) atoms. The van der Waals surface area contributed by atoms with Crippen LogP contribution in [0.4, 0.5) is 0 Å². The van der Waals surface area contributed by atoms with E-state index in [-0.39, 0.29) is 22.6 Å². The summed E-state index contributed by atoms with van der Waals surface area (Å²) in [6, 6.07) is 13.8. The number of hydrogen-bond donors (Lipinski definition) is 2. The molecule has 3 aromatic rings. The highest BCUT2D eigenvalue weighted by atomic mass is 16.6. The van der Waals surface area contributed by atoms with Gasteiger partial charge in [0.15, 0.2) is 5.60 Å². The van der Waals surface area contributed by atoms with Crippen molar-refractivity contribution in [2.45, 2.75) is 32.0 Å². The molecule has 0 bridgehead atoms. The van der Waals surface area contributed by atoms with Gasteiger partial charge in [0.25, 0.3) is 0 Å². The molecular weight excluding hydrogens is 412 g/mol. The molecule has 0 aliphatic carbocycles. The predicted octanol–water partition coefficient (Wildman–Crippen LogP) is 4.62. The van der Waals surface area contributed by atoms with Crippen molar-refractivity contribution in [2.24, 2.45) is 0 Å². The summed E-state index contributed by atoms with van der Waals surface area (Å²) in [5.74, 6) is -0.610. The molecule has 0 unspecified atom stereocenters. The number of rotatable bonds is 1. The van der Waals surface area contributed by atoms with E-state index in [1.54, 1.807) is 45.0 Å². The highest BCUT2D eigenvalue weighted by Crippen LogP contribution is 2.57. The zero-order valence-corrected chi connectivity index (χ0v) is 17.6. The summed E-state index contributed by atoms with van der Waals surface area (Å²) in [7, 11) is 0. The SMILES string of the molecule is CC(C)(C)OC(=O)c1ccc2c(c1)C(=O)OC21c2ccc(O)cc2Oc2cc(O)ccc21. The van der Waals surface area contributed by atoms with E-state index in [2.05, 4.69) is 0 Å². The Hall–Kier alpha value is -4.00. The van der Waals surface area contributed by atoms with E-state index >= 15 is 0 Å². The van der Waals surface area contributed by atoms with Crippen molar-refractivity contribution in [2.75, 3.05) is 0 Å². The van der Waals surface area contributed by atoms with E-state index in [0.29, 0.717) is 28.2 Å². The number of phenolic OH excluding ortho intramolecular Hbond substituents is 2. The van der Waals surface area contributed by atoms with Gasteiger partial charge in [0.2, 0.25) is 0 Å². The van der Waals surface area contributed by atoms with E-state index < -0.39 is 23.1 Å². The summed E-state index contributed by atoms with van der Waals surface area (Å²) in [4.78, 5) is 25.6. The lowest BCUT2D eigenvalue weighted by atomic mass is 9.77. The van der Waals surface area contributed by atoms with Gasteiger partial charge in [-0.3, -0.25) is 0 Å². The second-order valence-electron chi connectivity index (χ2n) is 8.80. The van der Waals surface area contributed by atoms with Crippen LogP contribution in [-0.2, 0) is 15.1 Å². The van der Waals surface area contributed by atoms with Gasteiger partial charge >= 0.3 is 11.9 Å². The predicted molar refractivity (Wildman–Crippen MR) is 113 cm³/mol. The first kappa shape index (κ1) is 19.9. The standard InChI is InChI=1S/C25H20O7/c1-24(2,3)31-22(28)13-4-7-17-16(10-13)23(29)32-25(17)18-8-5-14(26)11-20(18)30-21-12-15(27)6-9-19(21)25/h4-12,26-27H,1-3H3. The van der Waals surface area contributed by atoms with Gasteiger partial charge in [-0.25, -0.2) is 9.59 Å². The Labute approximate surface area is 183 Å². The zero-order chi connectivity index (χ0) is 22.8. The number of ether oxygens (including phenoxy) is 3. The van der Waals surface area contributed by atoms with E-state index in [9.17, 15) is 19.8 Å². The number of phenols is 2. The van der Waals surface area contributed by atoms with Gasteiger partial charge in [0, 0.05) is 28.8 Å². The van der Waals surface area contributed by atoms with E-state index in [1.807, 2.05) is 0 Å². The molecular formula is C25H20O7. The van der Waals surface area contributed by atoms with Crippen LogP contribution in [0, 0.1) is 0 Å². The van der Waals surface area contributed by atoms with E-state index in [1.165, 1.54) is 30.3 Å². The smallest absolute Gasteiger partial charge is 0.340 e. The molecule has 0 radical (unpaired) electrons. The van der Waals surface area contributed by atoms with Crippen molar-refractivity contribution >= 4 is 11.9 Å². The second-order valence-corrected chi connectivity index (χ2v) is 8.80. The van der Waals surface area contributed by atoms with Crippen molar-refractivity contribution in [1.29, 1.82) is 0 Å². The highest BCUT2D eigenvalue weighted by molar-refractivity contribution is 6.00. The van der Waals surface area contributed by atoms with Crippen LogP contribution < -0.4 is 4.74 Å². The van der Waals surface area contributed by atoms with Gasteiger partial charge in [-0.05, 0) is 57.2 Å². The van der Waals surface area contributed by atoms with Gasteiger partial charge in [-0.1, -0.05) is 6.07 Å². The fourth-order valence-corrected chi connectivity index (χ4v) is 4.17. The number of benzene rings is 3. The minimum atomic E-state index is -1.36. The van der Waals surface area contributed by atoms with Crippen molar-refractivity contribution in [3.63, 3.8) is 0 Å². The number of carbonyl (C=O) groups excluding carboxylic acids is 2. The van der Waals surface area contributed by atoms with Crippen LogP contribution in [0.25, 0.3) is 0 Å². The number of fused-ring (bicyclic) bond motifs is 6. The molecule has 0 atom stereocenters. The van der Waals surface area contributed by atoms with Crippen LogP contribution in [0.1, 0.15) is 58.2 Å². The Morgan fingerprint density at radius 3 is 2.00 bits per heavy atom. The van der Waals surface area contributed by atoms with Crippen LogP contribution in [0.2, 0.25) is 0 Å². The minimum absolute atomic E-state index is 0.0210. The van der Waals surface area contributed by atoms with E-state index in [4.69, 9.17) is 14.2 Å². The van der Waals surface area contributed by atoms with Crippen molar-refractivity contribution in [3.8, 4) is 23.0 Å². The molecule has 0 amide bonds. The van der Waals surface area contributed by atoms with Gasteiger partial charge in [-0.2, -0.15) is 0 Å². The molecule has 2 heterocycles. The Kier molecular flexibility index (Phi) is 4.05. The lowest BCUT2D eigenvalue weighted by Gasteiger charge is -2.36. The molecule has 7 heteroatoms. The van der Waals surface area contributed by atoms with Crippen LogP contribution in [0.15, 0.2) is 54.6 Å². The molecule has 0 saturated carbocycles. The van der Waals surface area contributed by atoms with Gasteiger partial charge in [0.05, 0.1) is 11.1 Å². The third-order valence-electron chi connectivity index (χ3n) is 5.41. The fraction of sp³-hybridized carbons (Fsp3) is 0.200. The first-order chi connectivity index (χ1) is 15.1. The van der Waals surface area contributed by atoms with Crippen molar-refractivity contribution < 1.29 is 34.0 Å². The normalized spacial score (nSPS) is 15.3. The summed E-state index contributed by atoms with van der Waals surface area (Å²) in [5, 5.41) is 19.9. The highest BCUT2D eigenvalue weighted by Gasteiger charge is 2.53. The van der Waals surface area contributed by atoms with Crippen LogP contribution in [0.5, 0.6) is 23.0 Å². The monoisotopic (exact) mass is 432 g/mol.